The maximum absolute atomic E-state index is 11.9. The number of sulfone groups is 1. The van der Waals surface area contributed by atoms with Crippen LogP contribution in [0.2, 0.25) is 0 Å². The normalized spacial score (nSPS) is 25.0. The van der Waals surface area contributed by atoms with E-state index < -0.39 is 9.84 Å². The van der Waals surface area contributed by atoms with Crippen LogP contribution in [0, 0.1) is 5.92 Å². The molecule has 0 amide bonds. The lowest BCUT2D eigenvalue weighted by atomic mass is 10.1. The summed E-state index contributed by atoms with van der Waals surface area (Å²) in [5.74, 6) is 1.84. The van der Waals surface area contributed by atoms with E-state index in [0.717, 1.165) is 42.9 Å². The molecule has 0 unspecified atom stereocenters. The van der Waals surface area contributed by atoms with Gasteiger partial charge in [-0.25, -0.2) is 13.4 Å². The second-order valence-electron chi connectivity index (χ2n) is 8.05. The van der Waals surface area contributed by atoms with Crippen LogP contribution in [0.15, 0.2) is 41.8 Å². The van der Waals surface area contributed by atoms with Crippen molar-refractivity contribution < 1.29 is 8.42 Å². The summed E-state index contributed by atoms with van der Waals surface area (Å²) in [6, 6.07) is 13.1. The Morgan fingerprint density at radius 3 is 2.82 bits per heavy atom. The molecule has 7 heteroatoms. The second-order valence-corrected chi connectivity index (χ2v) is 11.3. The Morgan fingerprint density at radius 2 is 2.04 bits per heavy atom. The number of aromatic nitrogens is 2. The van der Waals surface area contributed by atoms with E-state index in [9.17, 15) is 8.42 Å². The number of nitrogens with zero attached hydrogens (tertiary/aromatic N) is 3. The van der Waals surface area contributed by atoms with E-state index in [0.29, 0.717) is 17.5 Å². The van der Waals surface area contributed by atoms with Crippen molar-refractivity contribution in [2.75, 3.05) is 18.1 Å². The first kappa shape index (κ1) is 18.3. The van der Waals surface area contributed by atoms with Gasteiger partial charge in [0.1, 0.15) is 5.82 Å². The first-order chi connectivity index (χ1) is 13.6. The predicted molar refractivity (Wildman–Crippen MR) is 113 cm³/mol. The third-order valence-electron chi connectivity index (χ3n) is 6.09. The van der Waals surface area contributed by atoms with Crippen LogP contribution in [-0.2, 0) is 22.9 Å². The summed E-state index contributed by atoms with van der Waals surface area (Å²) < 4.78 is 26.1. The SMILES string of the molecule is O=S1(=O)CC[C@@H](Cc2nc3ccccc3n2CN2CCC[C@@H]2c2cccs2)C1. The number of imidazole rings is 1. The van der Waals surface area contributed by atoms with Crippen LogP contribution in [0.3, 0.4) is 0 Å². The van der Waals surface area contributed by atoms with Crippen molar-refractivity contribution in [1.82, 2.24) is 14.5 Å². The molecule has 0 saturated carbocycles. The molecule has 2 aromatic heterocycles. The van der Waals surface area contributed by atoms with Gasteiger partial charge >= 0.3 is 0 Å². The Kier molecular flexibility index (Phi) is 4.77. The molecule has 2 atom stereocenters. The molecular weight excluding hydrogens is 390 g/mol. The summed E-state index contributed by atoms with van der Waals surface area (Å²) in [7, 11) is -2.87. The molecule has 2 aliphatic rings. The lowest BCUT2D eigenvalue weighted by Gasteiger charge is -2.25. The minimum atomic E-state index is -2.87. The van der Waals surface area contributed by atoms with E-state index in [1.807, 2.05) is 17.4 Å². The molecule has 5 rings (SSSR count). The van der Waals surface area contributed by atoms with E-state index in [1.165, 1.54) is 17.7 Å². The van der Waals surface area contributed by atoms with Crippen LogP contribution in [0.1, 0.15) is 36.0 Å². The van der Waals surface area contributed by atoms with E-state index in [1.54, 1.807) is 0 Å². The molecule has 1 aromatic carbocycles. The van der Waals surface area contributed by atoms with Crippen LogP contribution < -0.4 is 0 Å². The van der Waals surface area contributed by atoms with Crippen LogP contribution in [0.25, 0.3) is 11.0 Å². The minimum absolute atomic E-state index is 0.187. The fourth-order valence-corrected chi connectivity index (χ4v) is 7.47. The summed E-state index contributed by atoms with van der Waals surface area (Å²) in [6.45, 7) is 1.91. The number of hydrogen-bond acceptors (Lipinski definition) is 5. The second kappa shape index (κ2) is 7.28. The maximum atomic E-state index is 11.9. The van der Waals surface area contributed by atoms with Gasteiger partial charge in [0.15, 0.2) is 9.84 Å². The fraction of sp³-hybridized carbons (Fsp3) is 0.476. The van der Waals surface area contributed by atoms with Crippen molar-refractivity contribution in [2.24, 2.45) is 5.92 Å². The van der Waals surface area contributed by atoms with Gasteiger partial charge < -0.3 is 4.57 Å². The molecule has 5 nitrogen and oxygen atoms in total. The van der Waals surface area contributed by atoms with E-state index >= 15 is 0 Å². The highest BCUT2D eigenvalue weighted by Crippen LogP contribution is 2.35. The first-order valence-electron chi connectivity index (χ1n) is 10.0. The Hall–Kier alpha value is -1.70. The summed E-state index contributed by atoms with van der Waals surface area (Å²) in [4.78, 5) is 8.88. The quantitative estimate of drug-likeness (QED) is 0.635. The van der Waals surface area contributed by atoms with Gasteiger partial charge in [-0.1, -0.05) is 18.2 Å². The van der Waals surface area contributed by atoms with Gasteiger partial charge in [0.25, 0.3) is 0 Å². The third kappa shape index (κ3) is 3.51. The molecule has 0 spiro atoms. The molecule has 148 valence electrons. The minimum Gasteiger partial charge on any atom is -0.314 e. The summed E-state index contributed by atoms with van der Waals surface area (Å²) in [5, 5.41) is 2.16. The topological polar surface area (TPSA) is 55.2 Å². The Labute approximate surface area is 169 Å². The monoisotopic (exact) mass is 415 g/mol. The average molecular weight is 416 g/mol. The highest BCUT2D eigenvalue weighted by Gasteiger charge is 2.31. The smallest absolute Gasteiger partial charge is 0.150 e. The summed E-state index contributed by atoms with van der Waals surface area (Å²) in [5.41, 5.74) is 2.15. The van der Waals surface area contributed by atoms with Crippen molar-refractivity contribution in [2.45, 2.75) is 38.4 Å². The van der Waals surface area contributed by atoms with Gasteiger partial charge in [0.05, 0.1) is 29.2 Å². The Morgan fingerprint density at radius 1 is 1.14 bits per heavy atom. The molecule has 28 heavy (non-hydrogen) atoms. The predicted octanol–water partition coefficient (Wildman–Crippen LogP) is 3.87. The highest BCUT2D eigenvalue weighted by molar-refractivity contribution is 7.91. The Bertz CT molecular complexity index is 1070. The number of thiophene rings is 1. The lowest BCUT2D eigenvalue weighted by Crippen LogP contribution is -2.27. The number of fused-ring (bicyclic) bond motifs is 1. The van der Waals surface area contributed by atoms with E-state index in [2.05, 4.69) is 45.2 Å². The highest BCUT2D eigenvalue weighted by atomic mass is 32.2. The molecule has 0 N–H and O–H groups in total. The number of hydrogen-bond donors (Lipinski definition) is 0. The summed E-state index contributed by atoms with van der Waals surface area (Å²) >= 11 is 1.84. The summed E-state index contributed by atoms with van der Waals surface area (Å²) in [6.07, 6.45) is 3.91. The molecule has 0 bridgehead atoms. The zero-order valence-electron chi connectivity index (χ0n) is 15.8. The number of rotatable bonds is 5. The molecule has 3 aromatic rings. The van der Waals surface area contributed by atoms with Crippen LogP contribution in [-0.4, -0.2) is 40.9 Å². The van der Waals surface area contributed by atoms with Crippen molar-refractivity contribution in [3.8, 4) is 0 Å². The third-order valence-corrected chi connectivity index (χ3v) is 8.90. The van der Waals surface area contributed by atoms with Gasteiger partial charge in [-0.05, 0) is 48.8 Å². The molecular formula is C21H25N3O2S2. The van der Waals surface area contributed by atoms with Crippen LogP contribution >= 0.6 is 11.3 Å². The van der Waals surface area contributed by atoms with Gasteiger partial charge in [-0.3, -0.25) is 4.90 Å². The first-order valence-corrected chi connectivity index (χ1v) is 12.7. The van der Waals surface area contributed by atoms with E-state index in [4.69, 9.17) is 4.98 Å². The number of para-hydroxylation sites is 2. The zero-order valence-corrected chi connectivity index (χ0v) is 17.5. The van der Waals surface area contributed by atoms with Crippen molar-refractivity contribution in [1.29, 1.82) is 0 Å². The van der Waals surface area contributed by atoms with E-state index in [-0.39, 0.29) is 5.92 Å². The maximum Gasteiger partial charge on any atom is 0.150 e. The molecule has 2 fully saturated rings. The van der Waals surface area contributed by atoms with Gasteiger partial charge in [-0.2, -0.15) is 0 Å². The van der Waals surface area contributed by atoms with Crippen LogP contribution in [0.5, 0.6) is 0 Å². The van der Waals surface area contributed by atoms with Crippen molar-refractivity contribution in [3.05, 3.63) is 52.5 Å². The lowest BCUT2D eigenvalue weighted by molar-refractivity contribution is 0.204. The average Bonchev–Trinajstić information content (AvgIpc) is 3.44. The number of benzene rings is 1. The zero-order chi connectivity index (χ0) is 19.1. The molecule has 0 radical (unpaired) electrons. The van der Waals surface area contributed by atoms with Gasteiger partial charge in [-0.15, -0.1) is 11.3 Å². The number of likely N-dealkylation sites (tertiary alicyclic amines) is 1. The molecule has 2 saturated heterocycles. The van der Waals surface area contributed by atoms with Gasteiger partial charge in [0.2, 0.25) is 0 Å². The standard InChI is InChI=1S/C21H25N3O2S2/c25-28(26)12-9-16(14-28)13-21-22-17-5-1-2-6-18(17)24(21)15-23-10-3-7-19(23)20-8-4-11-27-20/h1-2,4-6,8,11,16,19H,3,7,9-10,12-15H2/t16-,19+/m0/s1. The Balaban J connectivity index is 1.46. The fourth-order valence-electron chi connectivity index (χ4n) is 4.71. The van der Waals surface area contributed by atoms with Gasteiger partial charge in [0, 0.05) is 23.9 Å². The van der Waals surface area contributed by atoms with Crippen LogP contribution in [0.4, 0.5) is 0 Å². The molecule has 0 aliphatic carbocycles. The van der Waals surface area contributed by atoms with Crippen molar-refractivity contribution >= 4 is 32.2 Å². The largest absolute Gasteiger partial charge is 0.314 e. The molecule has 4 heterocycles. The molecule has 2 aliphatic heterocycles. The van der Waals surface area contributed by atoms with Crippen molar-refractivity contribution in [3.63, 3.8) is 0 Å².